The molecule has 0 N–H and O–H groups in total. The number of carbonyl (C=O) groups is 1. The van der Waals surface area contributed by atoms with Crippen LogP contribution in [0.15, 0.2) is 0 Å². The maximum absolute atomic E-state index is 12.2. The van der Waals surface area contributed by atoms with Gasteiger partial charge < -0.3 is 9.47 Å². The predicted molar refractivity (Wildman–Crippen MR) is 70.7 cm³/mol. The van der Waals surface area contributed by atoms with Gasteiger partial charge in [-0.2, -0.15) is 0 Å². The van der Waals surface area contributed by atoms with Gasteiger partial charge >= 0.3 is 0 Å². The Morgan fingerprint density at radius 1 is 1.37 bits per heavy atom. The Bertz CT molecular complexity index is 432. The smallest absolute Gasteiger partial charge is 0.140 e. The lowest BCUT2D eigenvalue weighted by Crippen LogP contribution is -2.45. The molecule has 8 atom stereocenters. The van der Waals surface area contributed by atoms with Crippen molar-refractivity contribution in [2.24, 2.45) is 29.6 Å². The summed E-state index contributed by atoms with van der Waals surface area (Å²) in [5.74, 6) is 2.73. The summed E-state index contributed by atoms with van der Waals surface area (Å²) in [5, 5.41) is 0. The fourth-order valence-corrected chi connectivity index (χ4v) is 5.25. The lowest BCUT2D eigenvalue weighted by molar-refractivity contribution is -0.139. The summed E-state index contributed by atoms with van der Waals surface area (Å²) in [6.45, 7) is 8.92. The molecule has 4 fully saturated rings. The lowest BCUT2D eigenvalue weighted by atomic mass is 9.61. The van der Waals surface area contributed by atoms with E-state index in [4.69, 9.17) is 9.47 Å². The fourth-order valence-electron chi connectivity index (χ4n) is 5.25. The summed E-state index contributed by atoms with van der Waals surface area (Å²) >= 11 is 0. The van der Waals surface area contributed by atoms with Crippen LogP contribution in [-0.2, 0) is 14.3 Å². The molecule has 0 aromatic carbocycles. The van der Waals surface area contributed by atoms with E-state index in [0.29, 0.717) is 42.0 Å². The van der Waals surface area contributed by atoms with Gasteiger partial charge in [0.2, 0.25) is 0 Å². The number of hydrogen-bond acceptors (Lipinski definition) is 3. The second-order valence-corrected chi connectivity index (χ2v) is 7.64. The monoisotopic (exact) mass is 264 g/mol. The van der Waals surface area contributed by atoms with Crippen LogP contribution < -0.4 is 0 Å². The molecule has 4 aliphatic rings. The molecule has 3 aliphatic heterocycles. The van der Waals surface area contributed by atoms with Gasteiger partial charge in [0.25, 0.3) is 0 Å². The zero-order valence-corrected chi connectivity index (χ0v) is 12.3. The Labute approximate surface area is 115 Å². The zero-order valence-electron chi connectivity index (χ0n) is 12.3. The van der Waals surface area contributed by atoms with E-state index >= 15 is 0 Å². The van der Waals surface area contributed by atoms with E-state index in [-0.39, 0.29) is 23.7 Å². The molecule has 3 nitrogen and oxygen atoms in total. The van der Waals surface area contributed by atoms with Gasteiger partial charge in [-0.1, -0.05) is 20.8 Å². The van der Waals surface area contributed by atoms with Gasteiger partial charge in [-0.25, -0.2) is 0 Å². The molecule has 0 spiro atoms. The molecule has 4 rings (SSSR count). The molecular formula is C16H24O3. The first-order chi connectivity index (χ1) is 8.93. The largest absolute Gasteiger partial charge is 0.373 e. The van der Waals surface area contributed by atoms with Gasteiger partial charge in [-0.3, -0.25) is 4.79 Å². The van der Waals surface area contributed by atoms with Crippen molar-refractivity contribution in [3.63, 3.8) is 0 Å². The third kappa shape index (κ3) is 1.43. The molecule has 0 aromatic rings. The quantitative estimate of drug-likeness (QED) is 0.683. The lowest BCUT2D eigenvalue weighted by Gasteiger charge is -2.39. The normalized spacial score (nSPS) is 59.0. The minimum atomic E-state index is -0.000185. The summed E-state index contributed by atoms with van der Waals surface area (Å²) < 4.78 is 12.3. The van der Waals surface area contributed by atoms with E-state index in [1.807, 2.05) is 0 Å². The molecule has 3 heterocycles. The van der Waals surface area contributed by atoms with Crippen molar-refractivity contribution in [3.8, 4) is 0 Å². The highest BCUT2D eigenvalue weighted by Crippen LogP contribution is 2.64. The second-order valence-electron chi connectivity index (χ2n) is 7.64. The van der Waals surface area contributed by atoms with Gasteiger partial charge in [0.15, 0.2) is 0 Å². The number of Topliss-reactive ketones (excluding diaryl/α,β-unsaturated/α-hetero) is 1. The molecule has 1 aliphatic carbocycles. The maximum Gasteiger partial charge on any atom is 0.140 e. The Morgan fingerprint density at radius 2 is 2.11 bits per heavy atom. The van der Waals surface area contributed by atoms with Crippen LogP contribution in [0.1, 0.15) is 40.5 Å². The standard InChI is InChI=1S/C16H24O3/c1-7(2)9-5-12-16(4,19-12)14-11-6-10(17)8(3)15(18-11)13(9)14/h7-9,11-15H,5-6H2,1-4H3/t8-,9+,11+,12-,13+,14+,15-,16-/m0/s1. The summed E-state index contributed by atoms with van der Waals surface area (Å²) in [4.78, 5) is 12.2. The number of rotatable bonds is 1. The van der Waals surface area contributed by atoms with Crippen molar-refractivity contribution in [1.82, 2.24) is 0 Å². The average Bonchev–Trinajstić information content (AvgIpc) is 2.89. The van der Waals surface area contributed by atoms with E-state index in [1.165, 1.54) is 0 Å². The third-order valence-electron chi connectivity index (χ3n) is 6.41. The minimum Gasteiger partial charge on any atom is -0.373 e. The molecule has 106 valence electrons. The molecule has 1 saturated carbocycles. The topological polar surface area (TPSA) is 38.8 Å². The first-order valence-corrected chi connectivity index (χ1v) is 7.79. The van der Waals surface area contributed by atoms with Gasteiger partial charge in [-0.15, -0.1) is 0 Å². The van der Waals surface area contributed by atoms with Crippen molar-refractivity contribution in [3.05, 3.63) is 0 Å². The highest BCUT2D eigenvalue weighted by atomic mass is 16.6. The molecule has 2 bridgehead atoms. The van der Waals surface area contributed by atoms with E-state index < -0.39 is 0 Å². The van der Waals surface area contributed by atoms with Crippen LogP contribution in [0.5, 0.6) is 0 Å². The number of ketones is 1. The van der Waals surface area contributed by atoms with Crippen LogP contribution in [0, 0.1) is 29.6 Å². The second kappa shape index (κ2) is 3.62. The van der Waals surface area contributed by atoms with Crippen molar-refractivity contribution in [1.29, 1.82) is 0 Å². The summed E-state index contributed by atoms with van der Waals surface area (Å²) in [7, 11) is 0. The fraction of sp³-hybridized carbons (Fsp3) is 0.938. The summed E-state index contributed by atoms with van der Waals surface area (Å²) in [6, 6.07) is 0. The SMILES string of the molecule is CC(C)[C@H]1C[C@@H]2O[C@]2(C)[C@H]2[C@@H]1[C@H]1O[C@@H]2CC(=O)[C@@H]1C. The number of epoxide rings is 1. The Hall–Kier alpha value is -0.410. The van der Waals surface area contributed by atoms with Crippen LogP contribution in [0.4, 0.5) is 0 Å². The number of carbonyl (C=O) groups excluding carboxylic acids is 1. The van der Waals surface area contributed by atoms with E-state index in [1.54, 1.807) is 0 Å². The first-order valence-electron chi connectivity index (χ1n) is 7.79. The highest BCUT2D eigenvalue weighted by Gasteiger charge is 2.72. The van der Waals surface area contributed by atoms with Crippen LogP contribution in [-0.4, -0.2) is 29.7 Å². The Balaban J connectivity index is 1.75. The average molecular weight is 264 g/mol. The van der Waals surface area contributed by atoms with Crippen molar-refractivity contribution in [2.45, 2.75) is 64.4 Å². The predicted octanol–water partition coefficient (Wildman–Crippen LogP) is 2.43. The molecule has 3 heteroatoms. The van der Waals surface area contributed by atoms with Gasteiger partial charge in [0.05, 0.1) is 23.9 Å². The molecule has 3 saturated heterocycles. The molecule has 0 amide bonds. The molecular weight excluding hydrogens is 240 g/mol. The Kier molecular flexibility index (Phi) is 2.35. The molecule has 0 unspecified atom stereocenters. The van der Waals surface area contributed by atoms with Gasteiger partial charge in [0, 0.05) is 18.3 Å². The summed E-state index contributed by atoms with van der Waals surface area (Å²) in [6.07, 6.45) is 2.44. The number of hydrogen-bond donors (Lipinski definition) is 0. The maximum atomic E-state index is 12.2. The minimum absolute atomic E-state index is 0.000185. The van der Waals surface area contributed by atoms with Crippen molar-refractivity contribution >= 4 is 5.78 Å². The number of fused-ring (bicyclic) bond motifs is 7. The zero-order chi connectivity index (χ0) is 13.5. The third-order valence-corrected chi connectivity index (χ3v) is 6.41. The van der Waals surface area contributed by atoms with E-state index in [0.717, 1.165) is 6.42 Å². The molecule has 19 heavy (non-hydrogen) atoms. The molecule has 0 aromatic heterocycles. The number of ether oxygens (including phenoxy) is 2. The van der Waals surface area contributed by atoms with Crippen LogP contribution in [0.25, 0.3) is 0 Å². The van der Waals surface area contributed by atoms with Gasteiger partial charge in [-0.05, 0) is 31.1 Å². The first kappa shape index (κ1) is 12.3. The Morgan fingerprint density at radius 3 is 2.79 bits per heavy atom. The van der Waals surface area contributed by atoms with Crippen LogP contribution in [0.2, 0.25) is 0 Å². The van der Waals surface area contributed by atoms with Crippen molar-refractivity contribution < 1.29 is 14.3 Å². The van der Waals surface area contributed by atoms with Gasteiger partial charge in [0.1, 0.15) is 5.78 Å². The van der Waals surface area contributed by atoms with Crippen molar-refractivity contribution in [2.75, 3.05) is 0 Å². The summed E-state index contributed by atoms with van der Waals surface area (Å²) in [5.41, 5.74) is -0.000185. The van der Waals surface area contributed by atoms with E-state index in [9.17, 15) is 4.79 Å². The van der Waals surface area contributed by atoms with E-state index in [2.05, 4.69) is 27.7 Å². The van der Waals surface area contributed by atoms with Crippen LogP contribution >= 0.6 is 0 Å². The highest BCUT2D eigenvalue weighted by molar-refractivity contribution is 5.83. The van der Waals surface area contributed by atoms with Crippen LogP contribution in [0.3, 0.4) is 0 Å². The molecule has 0 radical (unpaired) electrons.